The summed E-state index contributed by atoms with van der Waals surface area (Å²) < 4.78 is 1.91. The average Bonchev–Trinajstić information content (AvgIpc) is 2.70. The molecule has 0 radical (unpaired) electrons. The van der Waals surface area contributed by atoms with Crippen molar-refractivity contribution in [1.29, 1.82) is 0 Å². The van der Waals surface area contributed by atoms with Crippen molar-refractivity contribution < 1.29 is 4.79 Å². The molecular formula is C14H19N3O. The lowest BCUT2D eigenvalue weighted by Crippen LogP contribution is -2.30. The highest BCUT2D eigenvalue weighted by Crippen LogP contribution is 2.17. The van der Waals surface area contributed by atoms with Gasteiger partial charge in [0.15, 0.2) is 0 Å². The number of aromatic nitrogens is 2. The van der Waals surface area contributed by atoms with Crippen LogP contribution in [0.3, 0.4) is 0 Å². The molecule has 1 N–H and O–H groups in total. The second kappa shape index (κ2) is 5.21. The number of amides is 1. The summed E-state index contributed by atoms with van der Waals surface area (Å²) in [6.45, 7) is 6.61. The largest absolute Gasteiger partial charge is 0.354 e. The van der Waals surface area contributed by atoms with Crippen LogP contribution in [0.1, 0.15) is 25.8 Å². The molecular weight excluding hydrogens is 226 g/mol. The van der Waals surface area contributed by atoms with Crippen molar-refractivity contribution in [2.75, 3.05) is 0 Å². The monoisotopic (exact) mass is 245 g/mol. The summed E-state index contributed by atoms with van der Waals surface area (Å²) in [6, 6.07) is 6.32. The second-order valence-electron chi connectivity index (χ2n) is 4.85. The Hall–Kier alpha value is -1.84. The molecule has 0 fully saturated rings. The highest BCUT2D eigenvalue weighted by molar-refractivity contribution is 5.82. The molecule has 0 spiro atoms. The molecule has 1 heterocycles. The van der Waals surface area contributed by atoms with Gasteiger partial charge in [-0.15, -0.1) is 0 Å². The number of benzene rings is 1. The van der Waals surface area contributed by atoms with Crippen LogP contribution < -0.4 is 5.32 Å². The van der Waals surface area contributed by atoms with E-state index in [0.717, 1.165) is 10.9 Å². The average molecular weight is 245 g/mol. The Morgan fingerprint density at radius 1 is 1.44 bits per heavy atom. The van der Waals surface area contributed by atoms with E-state index in [0.29, 0.717) is 13.0 Å². The fraction of sp³-hybridized carbons (Fsp3) is 0.429. The van der Waals surface area contributed by atoms with Crippen LogP contribution in [0.5, 0.6) is 0 Å². The van der Waals surface area contributed by atoms with Gasteiger partial charge in [0.2, 0.25) is 5.91 Å². The first-order valence-electron chi connectivity index (χ1n) is 6.28. The van der Waals surface area contributed by atoms with Gasteiger partial charge in [-0.3, -0.25) is 9.48 Å². The standard InChI is InChI=1S/C14H19N3O/c1-10(2)16-13(18)7-8-17-14-11(3)5-4-6-12(14)9-15-17/h4-6,9-10H,7-8H2,1-3H3,(H,16,18). The number of para-hydroxylation sites is 1. The number of aryl methyl sites for hydroxylation is 2. The number of nitrogens with one attached hydrogen (secondary N) is 1. The zero-order chi connectivity index (χ0) is 13.1. The van der Waals surface area contributed by atoms with Gasteiger partial charge in [0.25, 0.3) is 0 Å². The summed E-state index contributed by atoms with van der Waals surface area (Å²) in [5.74, 6) is 0.0715. The lowest BCUT2D eigenvalue weighted by molar-refractivity contribution is -0.121. The van der Waals surface area contributed by atoms with Gasteiger partial charge in [-0.25, -0.2) is 0 Å². The number of carbonyl (C=O) groups is 1. The Labute approximate surface area is 107 Å². The Balaban J connectivity index is 2.11. The summed E-state index contributed by atoms with van der Waals surface area (Å²) in [5, 5.41) is 8.36. The van der Waals surface area contributed by atoms with Gasteiger partial charge in [0.1, 0.15) is 0 Å². The van der Waals surface area contributed by atoms with Crippen LogP contribution in [0.4, 0.5) is 0 Å². The maximum Gasteiger partial charge on any atom is 0.222 e. The molecule has 2 rings (SSSR count). The van der Waals surface area contributed by atoms with E-state index >= 15 is 0 Å². The SMILES string of the molecule is Cc1cccc2cnn(CCC(=O)NC(C)C)c12. The first-order chi connectivity index (χ1) is 8.58. The van der Waals surface area contributed by atoms with Crippen LogP contribution in [0.2, 0.25) is 0 Å². The van der Waals surface area contributed by atoms with Crippen molar-refractivity contribution >= 4 is 16.8 Å². The normalized spacial score (nSPS) is 11.1. The molecule has 0 aliphatic carbocycles. The van der Waals surface area contributed by atoms with E-state index in [4.69, 9.17) is 0 Å². The molecule has 96 valence electrons. The van der Waals surface area contributed by atoms with Crippen LogP contribution >= 0.6 is 0 Å². The lowest BCUT2D eigenvalue weighted by atomic mass is 10.2. The quantitative estimate of drug-likeness (QED) is 0.898. The molecule has 4 nitrogen and oxygen atoms in total. The van der Waals surface area contributed by atoms with Crippen LogP contribution in [0.25, 0.3) is 10.9 Å². The summed E-state index contributed by atoms with van der Waals surface area (Å²) in [7, 11) is 0. The fourth-order valence-corrected chi connectivity index (χ4v) is 2.10. The topological polar surface area (TPSA) is 46.9 Å². The molecule has 0 aliphatic rings. The fourth-order valence-electron chi connectivity index (χ4n) is 2.10. The maximum atomic E-state index is 11.6. The number of hydrogen-bond donors (Lipinski definition) is 1. The Morgan fingerprint density at radius 2 is 2.22 bits per heavy atom. The predicted octanol–water partition coefficient (Wildman–Crippen LogP) is 2.26. The van der Waals surface area contributed by atoms with Gasteiger partial charge in [-0.2, -0.15) is 5.10 Å². The third-order valence-corrected chi connectivity index (χ3v) is 2.86. The van der Waals surface area contributed by atoms with E-state index in [-0.39, 0.29) is 11.9 Å². The van der Waals surface area contributed by atoms with Gasteiger partial charge < -0.3 is 5.32 Å². The minimum Gasteiger partial charge on any atom is -0.354 e. The molecule has 18 heavy (non-hydrogen) atoms. The van der Waals surface area contributed by atoms with Crippen LogP contribution in [-0.4, -0.2) is 21.7 Å². The first-order valence-corrected chi connectivity index (χ1v) is 6.28. The van der Waals surface area contributed by atoms with E-state index in [1.54, 1.807) is 0 Å². The molecule has 1 aromatic carbocycles. The number of rotatable bonds is 4. The summed E-state index contributed by atoms with van der Waals surface area (Å²) in [6.07, 6.45) is 2.31. The zero-order valence-corrected chi connectivity index (χ0v) is 11.1. The van der Waals surface area contributed by atoms with E-state index < -0.39 is 0 Å². The van der Waals surface area contributed by atoms with Crippen molar-refractivity contribution in [3.63, 3.8) is 0 Å². The van der Waals surface area contributed by atoms with E-state index in [1.165, 1.54) is 5.56 Å². The minimum absolute atomic E-state index is 0.0715. The molecule has 0 aliphatic heterocycles. The second-order valence-corrected chi connectivity index (χ2v) is 4.85. The van der Waals surface area contributed by atoms with Gasteiger partial charge >= 0.3 is 0 Å². The third kappa shape index (κ3) is 2.70. The Bertz CT molecular complexity index is 557. The molecule has 2 aromatic rings. The van der Waals surface area contributed by atoms with Crippen molar-refractivity contribution in [3.05, 3.63) is 30.0 Å². The predicted molar refractivity (Wildman–Crippen MR) is 72.4 cm³/mol. The number of nitrogens with zero attached hydrogens (tertiary/aromatic N) is 2. The highest BCUT2D eigenvalue weighted by Gasteiger charge is 2.08. The summed E-state index contributed by atoms with van der Waals surface area (Å²) >= 11 is 0. The number of carbonyl (C=O) groups excluding carboxylic acids is 1. The van der Waals surface area contributed by atoms with E-state index in [9.17, 15) is 4.79 Å². The summed E-state index contributed by atoms with van der Waals surface area (Å²) in [4.78, 5) is 11.6. The molecule has 0 bridgehead atoms. The smallest absolute Gasteiger partial charge is 0.222 e. The molecule has 1 amide bonds. The molecule has 0 atom stereocenters. The number of fused-ring (bicyclic) bond motifs is 1. The number of hydrogen-bond acceptors (Lipinski definition) is 2. The Kier molecular flexibility index (Phi) is 3.65. The van der Waals surface area contributed by atoms with Gasteiger partial charge in [-0.05, 0) is 26.3 Å². The van der Waals surface area contributed by atoms with Gasteiger partial charge in [0, 0.05) is 17.8 Å². The van der Waals surface area contributed by atoms with Crippen LogP contribution in [0.15, 0.2) is 24.4 Å². The van der Waals surface area contributed by atoms with Crippen LogP contribution in [0, 0.1) is 6.92 Å². The third-order valence-electron chi connectivity index (χ3n) is 2.86. The molecule has 1 aromatic heterocycles. The van der Waals surface area contributed by atoms with Crippen molar-refractivity contribution in [3.8, 4) is 0 Å². The molecule has 4 heteroatoms. The zero-order valence-electron chi connectivity index (χ0n) is 11.1. The van der Waals surface area contributed by atoms with Crippen molar-refractivity contribution in [2.24, 2.45) is 0 Å². The molecule has 0 saturated carbocycles. The van der Waals surface area contributed by atoms with Gasteiger partial charge in [-0.1, -0.05) is 18.2 Å². The van der Waals surface area contributed by atoms with Crippen molar-refractivity contribution in [1.82, 2.24) is 15.1 Å². The first kappa shape index (κ1) is 12.6. The van der Waals surface area contributed by atoms with Gasteiger partial charge in [0.05, 0.1) is 18.3 Å². The Morgan fingerprint density at radius 3 is 2.94 bits per heavy atom. The van der Waals surface area contributed by atoms with E-state index in [2.05, 4.69) is 23.4 Å². The van der Waals surface area contributed by atoms with Crippen molar-refractivity contribution in [2.45, 2.75) is 39.8 Å². The molecule has 0 saturated heterocycles. The highest BCUT2D eigenvalue weighted by atomic mass is 16.1. The van der Waals surface area contributed by atoms with Crippen LogP contribution in [-0.2, 0) is 11.3 Å². The maximum absolute atomic E-state index is 11.6. The van der Waals surface area contributed by atoms with E-state index in [1.807, 2.05) is 36.9 Å². The summed E-state index contributed by atoms with van der Waals surface area (Å²) in [5.41, 5.74) is 2.31. The molecule has 0 unspecified atom stereocenters. The minimum atomic E-state index is 0.0715. The lowest BCUT2D eigenvalue weighted by Gasteiger charge is -2.09.